The lowest BCUT2D eigenvalue weighted by Gasteiger charge is -2.08. The molecule has 3 N–H and O–H groups in total. The maximum atomic E-state index is 5.44. The molecular formula is C13H22N2. The van der Waals surface area contributed by atoms with E-state index in [9.17, 15) is 0 Å². The molecule has 1 aromatic carbocycles. The molecule has 0 fully saturated rings. The second kappa shape index (κ2) is 6.59. The monoisotopic (exact) mass is 206 g/mol. The molecule has 0 aliphatic rings. The summed E-state index contributed by atoms with van der Waals surface area (Å²) in [4.78, 5) is 0. The molecule has 2 heteroatoms. The number of hydrogen-bond donors (Lipinski definition) is 2. The molecule has 0 amide bonds. The zero-order valence-corrected chi connectivity index (χ0v) is 9.84. The summed E-state index contributed by atoms with van der Waals surface area (Å²) >= 11 is 0. The first-order chi connectivity index (χ1) is 7.24. The second-order valence-electron chi connectivity index (χ2n) is 4.10. The fourth-order valence-electron chi connectivity index (χ4n) is 1.61. The molecule has 1 rings (SSSR count). The van der Waals surface area contributed by atoms with Gasteiger partial charge in [-0.2, -0.15) is 0 Å². The average Bonchev–Trinajstić information content (AvgIpc) is 2.23. The van der Waals surface area contributed by atoms with E-state index in [0.29, 0.717) is 0 Å². The van der Waals surface area contributed by atoms with Gasteiger partial charge in [-0.3, -0.25) is 0 Å². The zero-order chi connectivity index (χ0) is 11.1. The summed E-state index contributed by atoms with van der Waals surface area (Å²) in [5.74, 6) is 0. The van der Waals surface area contributed by atoms with Crippen LogP contribution in [0, 0.1) is 13.8 Å². The van der Waals surface area contributed by atoms with Gasteiger partial charge in [-0.15, -0.1) is 0 Å². The van der Waals surface area contributed by atoms with Crippen molar-refractivity contribution in [2.75, 3.05) is 13.1 Å². The van der Waals surface area contributed by atoms with Crippen LogP contribution in [0.4, 0.5) is 0 Å². The summed E-state index contributed by atoms with van der Waals surface area (Å²) in [6.07, 6.45) is 2.28. The molecule has 84 valence electrons. The Labute approximate surface area is 92.9 Å². The third kappa shape index (κ3) is 4.45. The quantitative estimate of drug-likeness (QED) is 0.700. The van der Waals surface area contributed by atoms with Gasteiger partial charge in [0, 0.05) is 6.54 Å². The molecule has 0 aliphatic heterocycles. The van der Waals surface area contributed by atoms with E-state index >= 15 is 0 Å². The first-order valence-corrected chi connectivity index (χ1v) is 5.71. The molecule has 0 bridgehead atoms. The van der Waals surface area contributed by atoms with Crippen molar-refractivity contribution in [2.24, 2.45) is 5.73 Å². The van der Waals surface area contributed by atoms with Crippen molar-refractivity contribution in [3.8, 4) is 0 Å². The van der Waals surface area contributed by atoms with E-state index in [1.54, 1.807) is 0 Å². The fraction of sp³-hybridized carbons (Fsp3) is 0.538. The molecule has 0 aliphatic carbocycles. The lowest BCUT2D eigenvalue weighted by atomic mass is 10.1. The Balaban J connectivity index is 2.33. The van der Waals surface area contributed by atoms with E-state index < -0.39 is 0 Å². The molecule has 0 atom stereocenters. The summed E-state index contributed by atoms with van der Waals surface area (Å²) in [5, 5.41) is 3.45. The Morgan fingerprint density at radius 3 is 2.73 bits per heavy atom. The standard InChI is InChI=1S/C13H22N2/c1-11-5-6-12(2)13(9-11)10-15-8-4-3-7-14/h5-6,9,15H,3-4,7-8,10,14H2,1-2H3. The van der Waals surface area contributed by atoms with E-state index in [4.69, 9.17) is 5.73 Å². The summed E-state index contributed by atoms with van der Waals surface area (Å²) < 4.78 is 0. The van der Waals surface area contributed by atoms with Crippen LogP contribution < -0.4 is 11.1 Å². The predicted octanol–water partition coefficient (Wildman–Crippen LogP) is 2.13. The van der Waals surface area contributed by atoms with E-state index in [2.05, 4.69) is 37.4 Å². The van der Waals surface area contributed by atoms with Gasteiger partial charge in [0.05, 0.1) is 0 Å². The van der Waals surface area contributed by atoms with Crippen LogP contribution in [0.15, 0.2) is 18.2 Å². The Morgan fingerprint density at radius 2 is 2.00 bits per heavy atom. The van der Waals surface area contributed by atoms with Crippen molar-refractivity contribution in [3.63, 3.8) is 0 Å². The van der Waals surface area contributed by atoms with E-state index in [1.165, 1.54) is 23.1 Å². The summed E-state index contributed by atoms with van der Waals surface area (Å²) in [6.45, 7) is 7.13. The van der Waals surface area contributed by atoms with Gasteiger partial charge in [-0.25, -0.2) is 0 Å². The van der Waals surface area contributed by atoms with Crippen LogP contribution in [-0.2, 0) is 6.54 Å². The van der Waals surface area contributed by atoms with Crippen molar-refractivity contribution in [1.29, 1.82) is 0 Å². The lowest BCUT2D eigenvalue weighted by Crippen LogP contribution is -2.16. The fourth-order valence-corrected chi connectivity index (χ4v) is 1.61. The molecule has 0 spiro atoms. The molecule has 0 aromatic heterocycles. The Morgan fingerprint density at radius 1 is 1.20 bits per heavy atom. The highest BCUT2D eigenvalue weighted by Gasteiger charge is 1.97. The zero-order valence-electron chi connectivity index (χ0n) is 9.84. The Hall–Kier alpha value is -0.860. The van der Waals surface area contributed by atoms with Gasteiger partial charge in [0.15, 0.2) is 0 Å². The molecule has 1 aromatic rings. The van der Waals surface area contributed by atoms with Gasteiger partial charge < -0.3 is 11.1 Å². The van der Waals surface area contributed by atoms with E-state index in [-0.39, 0.29) is 0 Å². The summed E-state index contributed by atoms with van der Waals surface area (Å²) in [5.41, 5.74) is 9.54. The maximum Gasteiger partial charge on any atom is 0.0208 e. The highest BCUT2D eigenvalue weighted by atomic mass is 14.8. The predicted molar refractivity (Wildman–Crippen MR) is 65.9 cm³/mol. The maximum absolute atomic E-state index is 5.44. The third-order valence-corrected chi connectivity index (χ3v) is 2.63. The number of nitrogens with two attached hydrogens (primary N) is 1. The highest BCUT2D eigenvalue weighted by Crippen LogP contribution is 2.09. The largest absolute Gasteiger partial charge is 0.330 e. The SMILES string of the molecule is Cc1ccc(C)c(CNCCCCN)c1. The number of rotatable bonds is 6. The van der Waals surface area contributed by atoms with Crippen LogP contribution >= 0.6 is 0 Å². The van der Waals surface area contributed by atoms with Gasteiger partial charge in [0.1, 0.15) is 0 Å². The molecule has 0 saturated heterocycles. The molecule has 0 heterocycles. The van der Waals surface area contributed by atoms with Gasteiger partial charge in [0.2, 0.25) is 0 Å². The summed E-state index contributed by atoms with van der Waals surface area (Å²) in [7, 11) is 0. The third-order valence-electron chi connectivity index (χ3n) is 2.63. The van der Waals surface area contributed by atoms with Gasteiger partial charge in [0.25, 0.3) is 0 Å². The van der Waals surface area contributed by atoms with E-state index in [1.807, 2.05) is 0 Å². The lowest BCUT2D eigenvalue weighted by molar-refractivity contribution is 0.626. The average molecular weight is 206 g/mol. The second-order valence-corrected chi connectivity index (χ2v) is 4.10. The van der Waals surface area contributed by atoms with Crippen LogP contribution in [0.3, 0.4) is 0 Å². The van der Waals surface area contributed by atoms with Crippen molar-refractivity contribution in [2.45, 2.75) is 33.2 Å². The Bertz CT molecular complexity index is 295. The normalized spacial score (nSPS) is 10.6. The van der Waals surface area contributed by atoms with Crippen LogP contribution in [0.5, 0.6) is 0 Å². The van der Waals surface area contributed by atoms with Crippen molar-refractivity contribution in [3.05, 3.63) is 34.9 Å². The van der Waals surface area contributed by atoms with Crippen molar-refractivity contribution < 1.29 is 0 Å². The molecule has 0 saturated carbocycles. The minimum atomic E-state index is 0.797. The minimum absolute atomic E-state index is 0.797. The van der Waals surface area contributed by atoms with Crippen LogP contribution in [0.25, 0.3) is 0 Å². The van der Waals surface area contributed by atoms with Gasteiger partial charge >= 0.3 is 0 Å². The van der Waals surface area contributed by atoms with Crippen LogP contribution in [0.1, 0.15) is 29.5 Å². The first kappa shape index (κ1) is 12.2. The highest BCUT2D eigenvalue weighted by molar-refractivity contribution is 5.30. The summed E-state index contributed by atoms with van der Waals surface area (Å²) in [6, 6.07) is 6.60. The number of nitrogens with one attached hydrogen (secondary N) is 1. The molecule has 2 nitrogen and oxygen atoms in total. The topological polar surface area (TPSA) is 38.0 Å². The van der Waals surface area contributed by atoms with E-state index in [0.717, 1.165) is 26.1 Å². The number of unbranched alkanes of at least 4 members (excludes halogenated alkanes) is 1. The van der Waals surface area contributed by atoms with Crippen molar-refractivity contribution >= 4 is 0 Å². The molecule has 0 unspecified atom stereocenters. The van der Waals surface area contributed by atoms with Gasteiger partial charge in [-0.05, 0) is 50.9 Å². The molecule has 0 radical (unpaired) electrons. The first-order valence-electron chi connectivity index (χ1n) is 5.71. The molecular weight excluding hydrogens is 184 g/mol. The number of hydrogen-bond acceptors (Lipinski definition) is 2. The number of aryl methyl sites for hydroxylation is 2. The van der Waals surface area contributed by atoms with Crippen LogP contribution in [0.2, 0.25) is 0 Å². The van der Waals surface area contributed by atoms with Crippen molar-refractivity contribution in [1.82, 2.24) is 5.32 Å². The Kier molecular flexibility index (Phi) is 5.37. The number of benzene rings is 1. The van der Waals surface area contributed by atoms with Gasteiger partial charge in [-0.1, -0.05) is 23.8 Å². The molecule has 15 heavy (non-hydrogen) atoms. The minimum Gasteiger partial charge on any atom is -0.330 e. The van der Waals surface area contributed by atoms with Crippen LogP contribution in [-0.4, -0.2) is 13.1 Å². The smallest absolute Gasteiger partial charge is 0.0208 e.